The van der Waals surface area contributed by atoms with Crippen molar-refractivity contribution >= 4 is 17.9 Å². The fourth-order valence-corrected chi connectivity index (χ4v) is 4.48. The topological polar surface area (TPSA) is 66.9 Å². The summed E-state index contributed by atoms with van der Waals surface area (Å²) in [5.74, 6) is -1.30. The molecule has 0 bridgehead atoms. The molecule has 1 saturated heterocycles. The molecule has 6 heteroatoms. The van der Waals surface area contributed by atoms with Gasteiger partial charge in [-0.05, 0) is 42.2 Å². The monoisotopic (exact) mass is 468 g/mol. The van der Waals surface area contributed by atoms with Crippen LogP contribution in [0, 0.1) is 0 Å². The number of carbonyl (C=O) groups excluding carboxylic acids is 3. The van der Waals surface area contributed by atoms with Gasteiger partial charge in [-0.1, -0.05) is 87.2 Å². The molecule has 0 spiro atoms. The van der Waals surface area contributed by atoms with Crippen molar-refractivity contribution in [2.75, 3.05) is 0 Å². The Morgan fingerprint density at radius 1 is 0.857 bits per heavy atom. The van der Waals surface area contributed by atoms with Crippen molar-refractivity contribution < 1.29 is 19.1 Å². The molecule has 0 radical (unpaired) electrons. The first-order valence-corrected chi connectivity index (χ1v) is 11.4. The van der Waals surface area contributed by atoms with Crippen LogP contribution >= 0.6 is 0 Å². The third-order valence-corrected chi connectivity index (χ3v) is 6.31. The van der Waals surface area contributed by atoms with E-state index in [1.54, 1.807) is 67.6 Å². The molecule has 4 rings (SSSR count). The summed E-state index contributed by atoms with van der Waals surface area (Å²) in [6.07, 6.45) is -0.423. The van der Waals surface area contributed by atoms with Crippen LogP contribution in [-0.2, 0) is 10.2 Å². The number of nitrogens with zero attached hydrogens (tertiary/aromatic N) is 2. The average Bonchev–Trinajstić information content (AvgIpc) is 3.08. The van der Waals surface area contributed by atoms with Crippen LogP contribution in [0.2, 0.25) is 0 Å². The third kappa shape index (κ3) is 4.60. The number of hydrazine groups is 1. The highest BCUT2D eigenvalue weighted by Crippen LogP contribution is 2.43. The zero-order valence-corrected chi connectivity index (χ0v) is 20.1. The maximum Gasteiger partial charge on any atom is 0.434 e. The molecule has 0 aromatic heterocycles. The van der Waals surface area contributed by atoms with Crippen molar-refractivity contribution in [1.29, 1.82) is 0 Å². The SMILES string of the molecule is C=C1N(N(C(=O)c2ccccc2)C(=O)c2ccccc2)C(=O)OC1(C)CC(C)(C)c1ccccc1. The van der Waals surface area contributed by atoms with Gasteiger partial charge >= 0.3 is 6.09 Å². The van der Waals surface area contributed by atoms with Crippen LogP contribution in [0.15, 0.2) is 103 Å². The molecule has 1 unspecified atom stereocenters. The number of ether oxygens (including phenoxy) is 1. The molecule has 1 fully saturated rings. The number of rotatable bonds is 6. The van der Waals surface area contributed by atoms with Gasteiger partial charge in [0.2, 0.25) is 0 Å². The van der Waals surface area contributed by atoms with Crippen molar-refractivity contribution in [2.24, 2.45) is 0 Å². The molecule has 1 atom stereocenters. The van der Waals surface area contributed by atoms with E-state index in [0.29, 0.717) is 6.42 Å². The Labute approximate surface area is 205 Å². The molecule has 3 aromatic rings. The van der Waals surface area contributed by atoms with Crippen LogP contribution < -0.4 is 0 Å². The van der Waals surface area contributed by atoms with E-state index in [4.69, 9.17) is 4.74 Å². The first-order chi connectivity index (χ1) is 16.6. The number of hydrogen-bond donors (Lipinski definition) is 0. The number of imide groups is 1. The van der Waals surface area contributed by atoms with Gasteiger partial charge in [-0.2, -0.15) is 10.0 Å². The normalized spacial score (nSPS) is 17.7. The van der Waals surface area contributed by atoms with Gasteiger partial charge in [-0.25, -0.2) is 4.79 Å². The number of amides is 3. The molecule has 35 heavy (non-hydrogen) atoms. The van der Waals surface area contributed by atoms with E-state index in [1.165, 1.54) is 0 Å². The molecule has 3 aromatic carbocycles. The smallest absolute Gasteiger partial charge is 0.434 e. The van der Waals surface area contributed by atoms with E-state index >= 15 is 0 Å². The predicted molar refractivity (Wildman–Crippen MR) is 133 cm³/mol. The first kappa shape index (κ1) is 24.0. The highest BCUT2D eigenvalue weighted by Gasteiger charge is 2.53. The number of benzene rings is 3. The second kappa shape index (κ2) is 9.22. The van der Waals surface area contributed by atoms with E-state index in [-0.39, 0.29) is 22.2 Å². The second-order valence-corrected chi connectivity index (χ2v) is 9.44. The van der Waals surface area contributed by atoms with Crippen LogP contribution in [0.3, 0.4) is 0 Å². The maximum absolute atomic E-state index is 13.6. The largest absolute Gasteiger partial charge is 0.435 e. The first-order valence-electron chi connectivity index (χ1n) is 11.4. The van der Waals surface area contributed by atoms with Crippen LogP contribution in [-0.4, -0.2) is 33.5 Å². The summed E-state index contributed by atoms with van der Waals surface area (Å²) >= 11 is 0. The second-order valence-electron chi connectivity index (χ2n) is 9.44. The summed E-state index contributed by atoms with van der Waals surface area (Å²) in [5, 5.41) is 1.81. The number of hydrogen-bond acceptors (Lipinski definition) is 4. The summed E-state index contributed by atoms with van der Waals surface area (Å²) in [5.41, 5.74) is 0.294. The van der Waals surface area contributed by atoms with Gasteiger partial charge in [-0.3, -0.25) is 9.59 Å². The number of cyclic esters (lactones) is 1. The summed E-state index contributed by atoms with van der Waals surface area (Å²) < 4.78 is 5.83. The summed E-state index contributed by atoms with van der Waals surface area (Å²) in [6, 6.07) is 26.6. The van der Waals surface area contributed by atoms with Crippen LogP contribution in [0.1, 0.15) is 53.5 Å². The fourth-order valence-electron chi connectivity index (χ4n) is 4.48. The lowest BCUT2D eigenvalue weighted by Crippen LogP contribution is -2.50. The van der Waals surface area contributed by atoms with E-state index in [2.05, 4.69) is 20.4 Å². The van der Waals surface area contributed by atoms with Gasteiger partial charge in [0, 0.05) is 17.5 Å². The minimum atomic E-state index is -1.14. The van der Waals surface area contributed by atoms with E-state index < -0.39 is 23.5 Å². The van der Waals surface area contributed by atoms with Crippen molar-refractivity contribution in [2.45, 2.75) is 38.2 Å². The summed E-state index contributed by atoms with van der Waals surface area (Å²) in [7, 11) is 0. The Hall–Kier alpha value is -4.19. The van der Waals surface area contributed by atoms with Gasteiger partial charge in [-0.15, -0.1) is 0 Å². The lowest BCUT2D eigenvalue weighted by atomic mass is 9.75. The molecule has 0 saturated carbocycles. The van der Waals surface area contributed by atoms with Gasteiger partial charge in [0.1, 0.15) is 0 Å². The Balaban J connectivity index is 1.72. The molecule has 6 nitrogen and oxygen atoms in total. The minimum Gasteiger partial charge on any atom is -0.435 e. The highest BCUT2D eigenvalue weighted by atomic mass is 16.6. The summed E-state index contributed by atoms with van der Waals surface area (Å²) in [4.78, 5) is 40.4. The Morgan fingerprint density at radius 3 is 1.74 bits per heavy atom. The van der Waals surface area contributed by atoms with Crippen LogP contribution in [0.4, 0.5) is 4.79 Å². The molecule has 1 aliphatic heterocycles. The van der Waals surface area contributed by atoms with Gasteiger partial charge in [0.05, 0.1) is 5.70 Å². The fraction of sp³-hybridized carbons (Fsp3) is 0.207. The van der Waals surface area contributed by atoms with Crippen molar-refractivity contribution in [3.05, 3.63) is 120 Å². The molecule has 178 valence electrons. The van der Waals surface area contributed by atoms with E-state index in [9.17, 15) is 14.4 Å². The zero-order valence-electron chi connectivity index (χ0n) is 20.1. The minimum absolute atomic E-state index is 0.222. The van der Waals surface area contributed by atoms with E-state index in [0.717, 1.165) is 15.6 Å². The molecular formula is C29H28N2O4. The summed E-state index contributed by atoms with van der Waals surface area (Å²) in [6.45, 7) is 9.99. The maximum atomic E-state index is 13.6. The molecule has 1 heterocycles. The lowest BCUT2D eigenvalue weighted by molar-refractivity contribution is 0.0227. The Bertz CT molecular complexity index is 1200. The molecule has 3 amide bonds. The Kier molecular flexibility index (Phi) is 6.31. The quantitative estimate of drug-likeness (QED) is 0.418. The van der Waals surface area contributed by atoms with Crippen LogP contribution in [0.5, 0.6) is 0 Å². The van der Waals surface area contributed by atoms with Crippen LogP contribution in [0.25, 0.3) is 0 Å². The molecular weight excluding hydrogens is 440 g/mol. The highest BCUT2D eigenvalue weighted by molar-refractivity contribution is 6.11. The number of carbonyl (C=O) groups is 3. The van der Waals surface area contributed by atoms with Gasteiger partial charge in [0.15, 0.2) is 5.60 Å². The molecule has 0 N–H and O–H groups in total. The van der Waals surface area contributed by atoms with Gasteiger partial charge in [0.25, 0.3) is 11.8 Å². The zero-order chi connectivity index (χ0) is 25.2. The molecule has 0 aliphatic carbocycles. The average molecular weight is 469 g/mol. The standard InChI is InChI=1S/C29H28N2O4/c1-21-29(4,20-28(2,3)24-18-12-7-13-19-24)35-27(34)30(21)31(25(32)22-14-8-5-9-15-22)26(33)23-16-10-6-11-17-23/h5-19H,1,20H2,2-4H3. The van der Waals surface area contributed by atoms with E-state index in [1.807, 2.05) is 30.3 Å². The third-order valence-electron chi connectivity index (χ3n) is 6.31. The van der Waals surface area contributed by atoms with Gasteiger partial charge < -0.3 is 4.74 Å². The Morgan fingerprint density at radius 2 is 1.29 bits per heavy atom. The molecule has 1 aliphatic rings. The van der Waals surface area contributed by atoms with Crippen molar-refractivity contribution in [3.8, 4) is 0 Å². The lowest BCUT2D eigenvalue weighted by Gasteiger charge is -2.35. The van der Waals surface area contributed by atoms with Crippen molar-refractivity contribution in [1.82, 2.24) is 10.0 Å². The predicted octanol–water partition coefficient (Wildman–Crippen LogP) is 5.98. The van der Waals surface area contributed by atoms with Crippen molar-refractivity contribution in [3.63, 3.8) is 0 Å².